The van der Waals surface area contributed by atoms with Gasteiger partial charge in [-0.3, -0.25) is 9.69 Å². The molecular formula is C24H24ClFN2O4. The van der Waals surface area contributed by atoms with E-state index in [1.807, 2.05) is 24.3 Å². The summed E-state index contributed by atoms with van der Waals surface area (Å²) in [5, 5.41) is 0.420. The summed E-state index contributed by atoms with van der Waals surface area (Å²) >= 11 is 6.13. The van der Waals surface area contributed by atoms with Gasteiger partial charge in [0.15, 0.2) is 5.76 Å². The number of furan rings is 1. The van der Waals surface area contributed by atoms with E-state index in [2.05, 4.69) is 4.90 Å². The molecule has 2 aromatic carbocycles. The lowest BCUT2D eigenvalue weighted by molar-refractivity contribution is 0.0594. The molecule has 6 nitrogen and oxygen atoms in total. The Bertz CT molecular complexity index is 1060. The van der Waals surface area contributed by atoms with Crippen LogP contribution >= 0.6 is 11.6 Å². The Morgan fingerprint density at radius 1 is 1.03 bits per heavy atom. The predicted octanol–water partition coefficient (Wildman–Crippen LogP) is 4.62. The number of hydrogen-bond donors (Lipinski definition) is 0. The second-order valence-corrected chi connectivity index (χ2v) is 7.94. The summed E-state index contributed by atoms with van der Waals surface area (Å²) in [6.45, 7) is 3.41. The van der Waals surface area contributed by atoms with Crippen LogP contribution in [0.15, 0.2) is 59.0 Å². The summed E-state index contributed by atoms with van der Waals surface area (Å²) in [6.07, 6.45) is 0. The number of carbonyl (C=O) groups is 1. The summed E-state index contributed by atoms with van der Waals surface area (Å²) < 4.78 is 29.8. The minimum Gasteiger partial charge on any atom is -0.497 e. The molecule has 1 amide bonds. The summed E-state index contributed by atoms with van der Waals surface area (Å²) in [6, 6.07) is 15.1. The second kappa shape index (κ2) is 10.1. The number of halogens is 2. The lowest BCUT2D eigenvalue weighted by Crippen LogP contribution is -2.48. The van der Waals surface area contributed by atoms with E-state index in [1.165, 1.54) is 12.1 Å². The van der Waals surface area contributed by atoms with Crippen LogP contribution in [0.3, 0.4) is 0 Å². The summed E-state index contributed by atoms with van der Waals surface area (Å²) in [5.41, 5.74) is 0.875. The van der Waals surface area contributed by atoms with Gasteiger partial charge in [-0.25, -0.2) is 4.39 Å². The van der Waals surface area contributed by atoms with Crippen LogP contribution in [0, 0.1) is 5.82 Å². The van der Waals surface area contributed by atoms with Crippen LogP contribution in [0.5, 0.6) is 11.5 Å². The van der Waals surface area contributed by atoms with Gasteiger partial charge in [-0.1, -0.05) is 17.7 Å². The van der Waals surface area contributed by atoms with Crippen molar-refractivity contribution in [2.75, 3.05) is 33.3 Å². The van der Waals surface area contributed by atoms with Crippen molar-refractivity contribution in [2.24, 2.45) is 0 Å². The Kier molecular flexibility index (Phi) is 6.97. The van der Waals surface area contributed by atoms with Gasteiger partial charge in [-0.2, -0.15) is 0 Å². The summed E-state index contributed by atoms with van der Waals surface area (Å²) in [7, 11) is 1.61. The van der Waals surface area contributed by atoms with E-state index in [0.29, 0.717) is 55.0 Å². The molecule has 1 fully saturated rings. The molecule has 0 N–H and O–H groups in total. The summed E-state index contributed by atoms with van der Waals surface area (Å²) in [5.74, 6) is 1.83. The molecule has 1 aliphatic heterocycles. The quantitative estimate of drug-likeness (QED) is 0.517. The molecule has 0 aliphatic carbocycles. The number of piperazine rings is 1. The average molecular weight is 459 g/mol. The molecule has 168 valence electrons. The van der Waals surface area contributed by atoms with Crippen LogP contribution in [0.25, 0.3) is 0 Å². The maximum atomic E-state index is 13.2. The zero-order chi connectivity index (χ0) is 22.5. The Morgan fingerprint density at radius 3 is 2.44 bits per heavy atom. The van der Waals surface area contributed by atoms with Gasteiger partial charge in [-0.15, -0.1) is 0 Å². The molecule has 0 bridgehead atoms. The third-order valence-corrected chi connectivity index (χ3v) is 5.73. The molecule has 3 aromatic rings. The third kappa shape index (κ3) is 5.41. The number of amides is 1. The first-order valence-corrected chi connectivity index (χ1v) is 10.7. The summed E-state index contributed by atoms with van der Waals surface area (Å²) in [4.78, 5) is 16.8. The monoisotopic (exact) mass is 458 g/mol. The van der Waals surface area contributed by atoms with E-state index in [-0.39, 0.29) is 18.3 Å². The third-order valence-electron chi connectivity index (χ3n) is 5.38. The van der Waals surface area contributed by atoms with E-state index in [9.17, 15) is 9.18 Å². The minimum absolute atomic E-state index is 0.139. The van der Waals surface area contributed by atoms with E-state index in [4.69, 9.17) is 25.5 Å². The van der Waals surface area contributed by atoms with Crippen LogP contribution < -0.4 is 9.47 Å². The maximum absolute atomic E-state index is 13.2. The van der Waals surface area contributed by atoms with Gasteiger partial charge in [0.2, 0.25) is 0 Å². The second-order valence-electron chi connectivity index (χ2n) is 7.53. The van der Waals surface area contributed by atoms with Crippen LogP contribution in [-0.2, 0) is 13.2 Å². The number of carbonyl (C=O) groups excluding carboxylic acids is 1. The van der Waals surface area contributed by atoms with Crippen molar-refractivity contribution >= 4 is 17.5 Å². The predicted molar refractivity (Wildman–Crippen MR) is 119 cm³/mol. The molecule has 32 heavy (non-hydrogen) atoms. The van der Waals surface area contributed by atoms with Gasteiger partial charge < -0.3 is 18.8 Å². The van der Waals surface area contributed by atoms with Crippen molar-refractivity contribution in [3.63, 3.8) is 0 Å². The van der Waals surface area contributed by atoms with Crippen molar-refractivity contribution in [1.29, 1.82) is 0 Å². The number of benzene rings is 2. The van der Waals surface area contributed by atoms with Gasteiger partial charge in [0, 0.05) is 37.7 Å². The standard InChI is InChI=1S/C24H24ClFN2O4/c1-30-19-4-6-20(7-5-19)31-16-21-8-9-23(32-21)24(29)28-12-10-27(11-13-28)15-17-2-3-18(26)14-22(17)25/h2-9,14H,10-13,15-16H2,1H3. The zero-order valence-electron chi connectivity index (χ0n) is 17.7. The van der Waals surface area contributed by atoms with Gasteiger partial charge in [0.1, 0.15) is 29.7 Å². The highest BCUT2D eigenvalue weighted by atomic mass is 35.5. The lowest BCUT2D eigenvalue weighted by atomic mass is 10.2. The highest BCUT2D eigenvalue weighted by molar-refractivity contribution is 6.31. The molecule has 0 saturated carbocycles. The van der Waals surface area contributed by atoms with Gasteiger partial charge >= 0.3 is 0 Å². The van der Waals surface area contributed by atoms with E-state index >= 15 is 0 Å². The van der Waals surface area contributed by atoms with Crippen LogP contribution in [-0.4, -0.2) is 49.0 Å². The first-order valence-electron chi connectivity index (χ1n) is 10.3. The Morgan fingerprint density at radius 2 is 1.75 bits per heavy atom. The van der Waals surface area contributed by atoms with Gasteiger partial charge in [0.25, 0.3) is 5.91 Å². The molecule has 1 aliphatic rings. The average Bonchev–Trinajstić information content (AvgIpc) is 3.29. The first-order chi connectivity index (χ1) is 15.5. The van der Waals surface area contributed by atoms with Crippen molar-refractivity contribution in [3.8, 4) is 11.5 Å². The molecule has 0 atom stereocenters. The van der Waals surface area contributed by atoms with Crippen LogP contribution in [0.2, 0.25) is 5.02 Å². The van der Waals surface area contributed by atoms with Crippen molar-refractivity contribution in [1.82, 2.24) is 9.80 Å². The molecule has 0 radical (unpaired) electrons. The lowest BCUT2D eigenvalue weighted by Gasteiger charge is -2.34. The fraction of sp³-hybridized carbons (Fsp3) is 0.292. The SMILES string of the molecule is COc1ccc(OCc2ccc(C(=O)N3CCN(Cc4ccc(F)cc4Cl)CC3)o2)cc1. The number of methoxy groups -OCH3 is 1. The maximum Gasteiger partial charge on any atom is 0.289 e. The number of ether oxygens (including phenoxy) is 2. The van der Waals surface area contributed by atoms with Gasteiger partial charge in [-0.05, 0) is 54.1 Å². The fourth-order valence-electron chi connectivity index (χ4n) is 3.55. The van der Waals surface area contributed by atoms with Crippen LogP contribution in [0.1, 0.15) is 21.9 Å². The van der Waals surface area contributed by atoms with Crippen LogP contribution in [0.4, 0.5) is 4.39 Å². The van der Waals surface area contributed by atoms with Gasteiger partial charge in [0.05, 0.1) is 7.11 Å². The number of hydrogen-bond acceptors (Lipinski definition) is 5. The molecule has 1 aromatic heterocycles. The van der Waals surface area contributed by atoms with E-state index in [0.717, 1.165) is 11.3 Å². The molecule has 0 unspecified atom stereocenters. The Labute approximate surface area is 191 Å². The van der Waals surface area contributed by atoms with Crippen molar-refractivity contribution in [2.45, 2.75) is 13.2 Å². The molecular weight excluding hydrogens is 435 g/mol. The highest BCUT2D eigenvalue weighted by Crippen LogP contribution is 2.21. The van der Waals surface area contributed by atoms with Crippen molar-refractivity contribution < 1.29 is 23.1 Å². The number of nitrogens with zero attached hydrogens (tertiary/aromatic N) is 2. The minimum atomic E-state index is -0.346. The Balaban J connectivity index is 1.27. The van der Waals surface area contributed by atoms with Crippen molar-refractivity contribution in [3.05, 3.63) is 82.5 Å². The zero-order valence-corrected chi connectivity index (χ0v) is 18.5. The van der Waals surface area contributed by atoms with E-state index in [1.54, 1.807) is 30.2 Å². The Hall–Kier alpha value is -3.03. The van der Waals surface area contributed by atoms with E-state index < -0.39 is 0 Å². The largest absolute Gasteiger partial charge is 0.497 e. The molecule has 0 spiro atoms. The molecule has 2 heterocycles. The first kappa shape index (κ1) is 22.2. The molecule has 8 heteroatoms. The molecule has 4 rings (SSSR count). The topological polar surface area (TPSA) is 55.2 Å². The number of rotatable bonds is 7. The molecule has 1 saturated heterocycles. The smallest absolute Gasteiger partial charge is 0.289 e. The fourth-order valence-corrected chi connectivity index (χ4v) is 3.78. The normalized spacial score (nSPS) is 14.4. The highest BCUT2D eigenvalue weighted by Gasteiger charge is 2.24.